The van der Waals surface area contributed by atoms with Gasteiger partial charge in [-0.2, -0.15) is 0 Å². The molecule has 14 bridgehead atoms. The highest BCUT2D eigenvalue weighted by Crippen LogP contribution is 2.41. The standard InChI is InChI=1S/C51H87N2O35/c1-50(2)5-14(6-51(3,4)53(50)74)52-7-15-36-22(60)29(67)43(75-15)83-37-16(8-54)77-45(31(69)24(37)62)85-39-18(10-56)79-47(33(71)26(39)64)87-41-20(12-58)81-49(35(73)28(41)66)88-42-21(13-59)80-48(34(72)27(42)65)86-40-19(11-57)78-46(32(70)25(40)63)84-38-17(9-55)76-44(82-36)30(68)23(38)61/h14-49,52,54-73H,5-13H2,1-4H3/t15-,16-,17+,18-,19+,20-,21+,22-,23-,24-,25-,26+,27-,28-,29-,30-,31+,32-,33+,34-,35-,36-,37-,38-,39-,40-,41-,42-,43-,44-,45-,46-,47-,48-,49-/m1/s1. The second-order valence-electron chi connectivity index (χ2n) is 24.9. The Morgan fingerprint density at radius 3 is 0.648 bits per heavy atom. The van der Waals surface area contributed by atoms with E-state index in [2.05, 4.69) is 5.32 Å². The van der Waals surface area contributed by atoms with Crippen LogP contribution in [-0.2, 0) is 71.5 Å². The van der Waals surface area contributed by atoms with E-state index in [0.717, 1.165) is 5.06 Å². The fourth-order valence-electron chi connectivity index (χ4n) is 13.1. The zero-order valence-corrected chi connectivity index (χ0v) is 48.2. The maximum absolute atomic E-state index is 13.3. The van der Waals surface area contributed by atoms with Gasteiger partial charge in [-0.25, -0.2) is 0 Å². The van der Waals surface area contributed by atoms with E-state index in [0.29, 0.717) is 0 Å². The van der Waals surface area contributed by atoms with Crippen LogP contribution < -0.4 is 5.32 Å². The zero-order chi connectivity index (χ0) is 64.3. The molecule has 511 valence electrons. The summed E-state index contributed by atoms with van der Waals surface area (Å²) in [6, 6.07) is -0.440. The molecular formula is C51H87N2O35. The van der Waals surface area contributed by atoms with Crippen molar-refractivity contribution in [3.63, 3.8) is 0 Å². The van der Waals surface area contributed by atoms with Crippen LogP contribution in [0, 0.1) is 0 Å². The van der Waals surface area contributed by atoms with Gasteiger partial charge >= 0.3 is 0 Å². The highest BCUT2D eigenvalue weighted by Gasteiger charge is 2.60. The van der Waals surface area contributed by atoms with Crippen molar-refractivity contribution in [1.29, 1.82) is 0 Å². The smallest absolute Gasteiger partial charge is 0.187 e. The van der Waals surface area contributed by atoms with Crippen LogP contribution in [0.3, 0.4) is 0 Å². The topological polar surface area (TPSA) is 569 Å². The summed E-state index contributed by atoms with van der Waals surface area (Å²) in [7, 11) is 0. The number of hydroxylamine groups is 2. The lowest BCUT2D eigenvalue weighted by Crippen LogP contribution is -2.69. The minimum atomic E-state index is -2.22. The molecule has 21 N–H and O–H groups in total. The monoisotopic (exact) mass is 1290 g/mol. The maximum atomic E-state index is 13.3. The average Bonchev–Trinajstić information content (AvgIpc) is 2.89. The highest BCUT2D eigenvalue weighted by molar-refractivity contribution is 5.04. The van der Waals surface area contributed by atoms with Crippen LogP contribution in [0.25, 0.3) is 0 Å². The Bertz CT molecular complexity index is 2170. The van der Waals surface area contributed by atoms with Gasteiger partial charge in [0.1, 0.15) is 171 Å². The summed E-state index contributed by atoms with van der Waals surface area (Å²) < 4.78 is 81.8. The Labute approximate surface area is 501 Å². The SMILES string of the molecule is CC1(C)CC(NC[C@H]2O[C@@H]3O[C@H]4[C@H](O)[C@H](O)[C@@H](O[C@H]5[C@@H](O)[C@H](O)[C@@H](O[C@H]6[C@H](O)[C@@H](O)[C@@H](O[C@H]7[C@H](O)[C@@H](O)[C@@H](O[C@H]8[C@H](O)[C@@H](O)[C@@H](O[C@H]9[C@H](O)[C@@H](O)[C@@H](O[C@H]2[C@H](O)[C@H]3O)O[C@H]9CO)O[C@H]8CO)O[C@H]7CO)O[C@@H]6CO)O[C@@H]5CO)O[C@@H]4CO)CC(C)(C)N1[O]. The average molecular weight is 1290 g/mol. The highest BCUT2D eigenvalue weighted by atomic mass is 16.8. The van der Waals surface area contributed by atoms with Crippen molar-refractivity contribution in [3.8, 4) is 0 Å². The molecule has 35 atom stereocenters. The van der Waals surface area contributed by atoms with Crippen LogP contribution in [0.15, 0.2) is 0 Å². The van der Waals surface area contributed by atoms with E-state index >= 15 is 0 Å². The van der Waals surface area contributed by atoms with Gasteiger partial charge < -0.3 is 174 Å². The van der Waals surface area contributed by atoms with E-state index < -0.39 is 272 Å². The quantitative estimate of drug-likeness (QED) is 0.102. The Morgan fingerprint density at radius 2 is 0.466 bits per heavy atom. The summed E-state index contributed by atoms with van der Waals surface area (Å²) in [6.45, 7) is 0.326. The molecule has 0 amide bonds. The summed E-state index contributed by atoms with van der Waals surface area (Å²) in [6.07, 6.45) is -69.5. The normalized spacial score (nSPS) is 52.7. The Balaban J connectivity index is 1.02. The van der Waals surface area contributed by atoms with E-state index in [1.165, 1.54) is 0 Å². The molecule has 22 aliphatic rings. The fourth-order valence-corrected chi connectivity index (χ4v) is 13.1. The van der Waals surface area contributed by atoms with E-state index in [-0.39, 0.29) is 19.4 Å². The third-order valence-corrected chi connectivity index (χ3v) is 17.8. The molecule has 22 aliphatic heterocycles. The predicted octanol–water partition coefficient (Wildman–Crippen LogP) is -13.3. The zero-order valence-electron chi connectivity index (χ0n) is 48.2. The minimum absolute atomic E-state index is 0.268. The van der Waals surface area contributed by atoms with E-state index in [1.807, 2.05) is 0 Å². The van der Waals surface area contributed by atoms with Crippen LogP contribution in [0.5, 0.6) is 0 Å². The maximum Gasteiger partial charge on any atom is 0.187 e. The van der Waals surface area contributed by atoms with Crippen molar-refractivity contribution in [2.24, 2.45) is 0 Å². The summed E-state index contributed by atoms with van der Waals surface area (Å²) in [5, 5.41) is 242. The molecule has 37 heteroatoms. The number of rotatable bonds is 9. The van der Waals surface area contributed by atoms with E-state index in [4.69, 9.17) is 66.3 Å². The van der Waals surface area contributed by atoms with Crippen molar-refractivity contribution in [2.45, 2.75) is 273 Å². The summed E-state index contributed by atoms with van der Waals surface area (Å²) in [5.41, 5.74) is -1.83. The van der Waals surface area contributed by atoms with Gasteiger partial charge in [0, 0.05) is 23.7 Å². The molecule has 0 aromatic rings. The molecule has 22 heterocycles. The van der Waals surface area contributed by atoms with Gasteiger partial charge in [0.2, 0.25) is 0 Å². The van der Waals surface area contributed by atoms with Gasteiger partial charge in [-0.05, 0) is 40.5 Å². The summed E-state index contributed by atoms with van der Waals surface area (Å²) in [5.74, 6) is 0. The first-order valence-electron chi connectivity index (χ1n) is 29.1. The first kappa shape index (κ1) is 70.8. The molecule has 0 aromatic heterocycles. The molecule has 88 heavy (non-hydrogen) atoms. The predicted molar refractivity (Wildman–Crippen MR) is 273 cm³/mol. The molecule has 22 rings (SSSR count). The van der Waals surface area contributed by atoms with Crippen LogP contribution in [0.2, 0.25) is 0 Å². The van der Waals surface area contributed by atoms with Crippen LogP contribution in [0.1, 0.15) is 40.5 Å². The van der Waals surface area contributed by atoms with Crippen molar-refractivity contribution >= 4 is 0 Å². The van der Waals surface area contributed by atoms with Crippen LogP contribution in [-0.4, -0.2) is 385 Å². The largest absolute Gasteiger partial charge is 0.394 e. The molecule has 0 spiro atoms. The lowest BCUT2D eigenvalue weighted by molar-refractivity contribution is -0.396. The number of piperidine rings is 1. The molecule has 0 aromatic carbocycles. The molecule has 37 nitrogen and oxygen atoms in total. The summed E-state index contributed by atoms with van der Waals surface area (Å²) in [4.78, 5) is 0. The second kappa shape index (κ2) is 28.8. The van der Waals surface area contributed by atoms with Gasteiger partial charge in [-0.15, -0.1) is 10.3 Å². The van der Waals surface area contributed by atoms with Gasteiger partial charge in [-0.3, -0.25) is 0 Å². The number of ether oxygens (including phenoxy) is 14. The number of hydrogen-bond acceptors (Lipinski definition) is 36. The number of nitrogens with zero attached hydrogens (tertiary/aromatic N) is 1. The van der Waals surface area contributed by atoms with Crippen molar-refractivity contribution in [1.82, 2.24) is 10.4 Å². The molecule has 22 fully saturated rings. The lowest BCUT2D eigenvalue weighted by atomic mass is 9.79. The molecular weight excluding hydrogens is 1200 g/mol. The van der Waals surface area contributed by atoms with Crippen molar-refractivity contribution in [3.05, 3.63) is 0 Å². The number of nitrogens with one attached hydrogen (secondary N) is 1. The van der Waals surface area contributed by atoms with Gasteiger partial charge in [0.05, 0.1) is 39.6 Å². The third-order valence-electron chi connectivity index (χ3n) is 17.8. The van der Waals surface area contributed by atoms with Crippen molar-refractivity contribution in [2.75, 3.05) is 46.2 Å². The first-order chi connectivity index (χ1) is 41.5. The van der Waals surface area contributed by atoms with Gasteiger partial charge in [0.25, 0.3) is 0 Å². The molecule has 0 saturated carbocycles. The Morgan fingerprint density at radius 1 is 0.295 bits per heavy atom. The number of hydrogen-bond donors (Lipinski definition) is 21. The number of aliphatic hydroxyl groups excluding tert-OH is 20. The van der Waals surface area contributed by atoms with Gasteiger partial charge in [0.15, 0.2) is 44.0 Å². The Kier molecular flexibility index (Phi) is 23.2. The molecule has 22 saturated heterocycles. The Hall–Kier alpha value is -1.48. The molecule has 0 aliphatic carbocycles. The van der Waals surface area contributed by atoms with E-state index in [1.54, 1.807) is 27.7 Å². The van der Waals surface area contributed by atoms with E-state index in [9.17, 15) is 107 Å². The molecule has 1 radical (unpaired) electrons. The summed E-state index contributed by atoms with van der Waals surface area (Å²) >= 11 is 0. The van der Waals surface area contributed by atoms with Crippen molar-refractivity contribution < 1.29 is 174 Å². The lowest BCUT2D eigenvalue weighted by Gasteiger charge is -2.51. The van der Waals surface area contributed by atoms with Gasteiger partial charge in [-0.1, -0.05) is 0 Å². The number of aliphatic hydroxyl groups is 20. The molecule has 0 unspecified atom stereocenters. The van der Waals surface area contributed by atoms with Crippen LogP contribution in [0.4, 0.5) is 0 Å². The minimum Gasteiger partial charge on any atom is -0.394 e. The second-order valence-corrected chi connectivity index (χ2v) is 24.9. The van der Waals surface area contributed by atoms with Crippen LogP contribution >= 0.6 is 0 Å². The first-order valence-corrected chi connectivity index (χ1v) is 29.1. The third kappa shape index (κ3) is 14.0. The fraction of sp³-hybridized carbons (Fsp3) is 1.00.